The summed E-state index contributed by atoms with van der Waals surface area (Å²) < 4.78 is 11.6. The van der Waals surface area contributed by atoms with Crippen molar-refractivity contribution in [3.8, 4) is 0 Å². The molecule has 1 atom stereocenters. The van der Waals surface area contributed by atoms with Crippen molar-refractivity contribution in [1.29, 1.82) is 0 Å². The predicted octanol–water partition coefficient (Wildman–Crippen LogP) is 4.44. The molecule has 0 aliphatic carbocycles. The van der Waals surface area contributed by atoms with Gasteiger partial charge in [-0.2, -0.15) is 0 Å². The molecule has 7 nitrogen and oxygen atoms in total. The number of aromatic nitrogens is 1. The molecule has 0 saturated heterocycles. The van der Waals surface area contributed by atoms with Gasteiger partial charge >= 0.3 is 5.97 Å². The Bertz CT molecular complexity index is 918. The van der Waals surface area contributed by atoms with Crippen molar-refractivity contribution >= 4 is 45.0 Å². The zero-order valence-electron chi connectivity index (χ0n) is 12.7. The molecule has 2 heterocycles. The molecule has 2 aromatic heterocycles. The summed E-state index contributed by atoms with van der Waals surface area (Å²) in [4.78, 5) is 26.3. The topological polar surface area (TPSA) is 95.5 Å². The van der Waals surface area contributed by atoms with Gasteiger partial charge in [-0.25, -0.2) is 9.78 Å². The number of ether oxygens (including phenoxy) is 1. The van der Waals surface area contributed by atoms with E-state index in [1.165, 1.54) is 42.3 Å². The van der Waals surface area contributed by atoms with Gasteiger partial charge in [0.2, 0.25) is 5.76 Å². The second-order valence-electron chi connectivity index (χ2n) is 4.84. The minimum absolute atomic E-state index is 0.0458. The number of nitro groups is 1. The number of fused-ring (bicyclic) bond motifs is 1. The summed E-state index contributed by atoms with van der Waals surface area (Å²) in [5.41, 5.74) is 0.763. The van der Waals surface area contributed by atoms with Crippen LogP contribution in [0.25, 0.3) is 10.2 Å². The smallest absolute Gasteiger partial charge is 0.373 e. The SMILES string of the molecule is COC(=O)c1ccc(C(C)Sc2nc3ccc([N+](=O)[O-])cc3s2)o1. The second kappa shape index (κ2) is 6.62. The van der Waals surface area contributed by atoms with Gasteiger partial charge < -0.3 is 9.15 Å². The molecule has 3 aromatic rings. The van der Waals surface area contributed by atoms with E-state index in [1.54, 1.807) is 18.2 Å². The maximum Gasteiger partial charge on any atom is 0.373 e. The fraction of sp³-hybridized carbons (Fsp3) is 0.200. The number of hydrogen-bond donors (Lipinski definition) is 0. The monoisotopic (exact) mass is 364 g/mol. The number of non-ortho nitro benzene ring substituents is 1. The summed E-state index contributed by atoms with van der Waals surface area (Å²) in [5.74, 6) is 0.260. The van der Waals surface area contributed by atoms with Gasteiger partial charge in [-0.05, 0) is 25.1 Å². The van der Waals surface area contributed by atoms with Crippen LogP contribution in [0.3, 0.4) is 0 Å². The molecule has 0 fully saturated rings. The highest BCUT2D eigenvalue weighted by Gasteiger charge is 2.18. The van der Waals surface area contributed by atoms with Crippen LogP contribution in [0.5, 0.6) is 0 Å². The first kappa shape index (κ1) is 16.5. The largest absolute Gasteiger partial charge is 0.463 e. The Balaban J connectivity index is 1.80. The van der Waals surface area contributed by atoms with Gasteiger partial charge in [0.05, 0.1) is 27.5 Å². The lowest BCUT2D eigenvalue weighted by molar-refractivity contribution is -0.384. The van der Waals surface area contributed by atoms with Crippen LogP contribution in [0.2, 0.25) is 0 Å². The number of nitro benzene ring substituents is 1. The van der Waals surface area contributed by atoms with Crippen LogP contribution in [-0.2, 0) is 4.74 Å². The molecule has 0 amide bonds. The number of hydrogen-bond acceptors (Lipinski definition) is 8. The van der Waals surface area contributed by atoms with Crippen molar-refractivity contribution in [1.82, 2.24) is 4.98 Å². The minimum Gasteiger partial charge on any atom is -0.463 e. The first-order valence-electron chi connectivity index (χ1n) is 6.87. The zero-order chi connectivity index (χ0) is 17.3. The van der Waals surface area contributed by atoms with Gasteiger partial charge in [0.15, 0.2) is 4.34 Å². The number of thiazole rings is 1. The van der Waals surface area contributed by atoms with E-state index < -0.39 is 10.9 Å². The van der Waals surface area contributed by atoms with Crippen LogP contribution in [0, 0.1) is 10.1 Å². The molecule has 9 heteroatoms. The Morgan fingerprint density at radius 1 is 1.42 bits per heavy atom. The summed E-state index contributed by atoms with van der Waals surface area (Å²) in [5, 5.41) is 10.8. The maximum absolute atomic E-state index is 11.4. The van der Waals surface area contributed by atoms with Crippen molar-refractivity contribution in [2.24, 2.45) is 0 Å². The molecule has 0 spiro atoms. The molecule has 124 valence electrons. The normalized spacial score (nSPS) is 12.2. The number of nitrogens with zero attached hydrogens (tertiary/aromatic N) is 2. The standard InChI is InChI=1S/C15H12N2O5S2/c1-8(11-5-6-12(22-11)14(18)21-2)23-15-16-10-4-3-9(17(19)20)7-13(10)24-15/h3-8H,1-2H3. The summed E-state index contributed by atoms with van der Waals surface area (Å²) in [6.07, 6.45) is 0. The third-order valence-corrected chi connectivity index (χ3v) is 5.49. The quantitative estimate of drug-likeness (QED) is 0.286. The highest BCUT2D eigenvalue weighted by Crippen LogP contribution is 2.40. The Labute approximate surface area is 144 Å². The number of rotatable bonds is 5. The van der Waals surface area contributed by atoms with Crippen LogP contribution in [0.1, 0.15) is 28.5 Å². The molecule has 24 heavy (non-hydrogen) atoms. The summed E-state index contributed by atoms with van der Waals surface area (Å²) in [7, 11) is 1.29. The summed E-state index contributed by atoms with van der Waals surface area (Å²) in [6.45, 7) is 1.93. The van der Waals surface area contributed by atoms with E-state index in [1.807, 2.05) is 6.92 Å². The molecular formula is C15H12N2O5S2. The van der Waals surface area contributed by atoms with Gasteiger partial charge in [0.1, 0.15) is 5.76 Å². The fourth-order valence-corrected chi connectivity index (χ4v) is 4.37. The van der Waals surface area contributed by atoms with Gasteiger partial charge in [-0.1, -0.05) is 11.8 Å². The number of carbonyl (C=O) groups excluding carboxylic acids is 1. The van der Waals surface area contributed by atoms with Crippen molar-refractivity contribution in [2.75, 3.05) is 7.11 Å². The Hall–Kier alpha value is -2.39. The average molecular weight is 364 g/mol. The molecule has 1 unspecified atom stereocenters. The van der Waals surface area contributed by atoms with Gasteiger partial charge in [-0.3, -0.25) is 10.1 Å². The number of benzene rings is 1. The van der Waals surface area contributed by atoms with Crippen LogP contribution in [0.4, 0.5) is 5.69 Å². The van der Waals surface area contributed by atoms with Crippen LogP contribution >= 0.6 is 23.1 Å². The first-order chi connectivity index (χ1) is 11.5. The van der Waals surface area contributed by atoms with E-state index >= 15 is 0 Å². The van der Waals surface area contributed by atoms with Gasteiger partial charge in [0.25, 0.3) is 5.69 Å². The van der Waals surface area contributed by atoms with E-state index in [2.05, 4.69) is 9.72 Å². The highest BCUT2D eigenvalue weighted by molar-refractivity contribution is 8.01. The summed E-state index contributed by atoms with van der Waals surface area (Å²) in [6, 6.07) is 7.89. The molecule has 1 aromatic carbocycles. The van der Waals surface area contributed by atoms with Crippen molar-refractivity contribution in [3.05, 3.63) is 52.0 Å². The minimum atomic E-state index is -0.522. The Kier molecular flexibility index (Phi) is 4.54. The van der Waals surface area contributed by atoms with E-state index in [4.69, 9.17) is 4.42 Å². The first-order valence-corrected chi connectivity index (χ1v) is 8.57. The molecule has 0 N–H and O–H groups in total. The van der Waals surface area contributed by atoms with Crippen LogP contribution in [0.15, 0.2) is 39.1 Å². The third kappa shape index (κ3) is 3.26. The Morgan fingerprint density at radius 2 is 2.21 bits per heavy atom. The predicted molar refractivity (Wildman–Crippen MR) is 90.6 cm³/mol. The van der Waals surface area contributed by atoms with Crippen molar-refractivity contribution < 1.29 is 18.9 Å². The lowest BCUT2D eigenvalue weighted by Crippen LogP contribution is -1.98. The lowest BCUT2D eigenvalue weighted by atomic mass is 10.3. The lowest BCUT2D eigenvalue weighted by Gasteiger charge is -2.04. The number of methoxy groups -OCH3 is 1. The van der Waals surface area contributed by atoms with Crippen LogP contribution < -0.4 is 0 Å². The zero-order valence-corrected chi connectivity index (χ0v) is 14.3. The maximum atomic E-state index is 11.4. The van der Waals surface area contributed by atoms with E-state index in [0.717, 1.165) is 14.6 Å². The number of carbonyl (C=O) groups is 1. The second-order valence-corrected chi connectivity index (χ2v) is 7.46. The van der Waals surface area contributed by atoms with E-state index in [9.17, 15) is 14.9 Å². The van der Waals surface area contributed by atoms with Crippen molar-refractivity contribution in [2.45, 2.75) is 16.5 Å². The van der Waals surface area contributed by atoms with Gasteiger partial charge in [-0.15, -0.1) is 11.3 Å². The average Bonchev–Trinajstić information content (AvgIpc) is 3.19. The number of esters is 1. The molecule has 0 aliphatic heterocycles. The summed E-state index contributed by atoms with van der Waals surface area (Å²) >= 11 is 2.84. The molecule has 0 radical (unpaired) electrons. The fourth-order valence-electron chi connectivity index (χ4n) is 2.05. The third-order valence-electron chi connectivity index (χ3n) is 3.25. The highest BCUT2D eigenvalue weighted by atomic mass is 32.2. The molecule has 0 bridgehead atoms. The van der Waals surface area contributed by atoms with Gasteiger partial charge in [0, 0.05) is 12.1 Å². The molecular weight excluding hydrogens is 352 g/mol. The Morgan fingerprint density at radius 3 is 2.92 bits per heavy atom. The van der Waals surface area contributed by atoms with E-state index in [-0.39, 0.29) is 16.7 Å². The van der Waals surface area contributed by atoms with E-state index in [0.29, 0.717) is 5.76 Å². The van der Waals surface area contributed by atoms with Crippen molar-refractivity contribution in [3.63, 3.8) is 0 Å². The number of thioether (sulfide) groups is 1. The van der Waals surface area contributed by atoms with Crippen LogP contribution in [-0.4, -0.2) is 23.0 Å². The molecule has 3 rings (SSSR count). The molecule has 0 aliphatic rings. The number of furan rings is 1. The molecule has 0 saturated carbocycles.